The topological polar surface area (TPSA) is 34.2 Å². The molecule has 0 radical (unpaired) electrons. The Morgan fingerprint density at radius 2 is 1.68 bits per heavy atom. The van der Waals surface area contributed by atoms with Crippen LogP contribution in [-0.4, -0.2) is 56.7 Å². The largest absolute Gasteiger partial charge is 0.573 e. The number of anilines is 1. The molecule has 1 aromatic carbocycles. The van der Waals surface area contributed by atoms with Gasteiger partial charge in [-0.1, -0.05) is 0 Å². The second kappa shape index (κ2) is 7.39. The van der Waals surface area contributed by atoms with Crippen LogP contribution in [0.1, 0.15) is 25.7 Å². The maximum Gasteiger partial charge on any atom is 0.573 e. The molecule has 2 aliphatic rings. The van der Waals surface area contributed by atoms with Gasteiger partial charge in [-0.2, -0.15) is 0 Å². The minimum Gasteiger partial charge on any atom is -0.406 e. The lowest BCUT2D eigenvalue weighted by Gasteiger charge is -2.38. The van der Waals surface area contributed by atoms with Gasteiger partial charge in [0.05, 0.1) is 13.2 Å². The van der Waals surface area contributed by atoms with E-state index < -0.39 is 12.7 Å². The van der Waals surface area contributed by atoms with E-state index in [0.717, 1.165) is 26.2 Å². The molecule has 0 N–H and O–H groups in total. The summed E-state index contributed by atoms with van der Waals surface area (Å²) in [6.45, 7) is 8.37. The van der Waals surface area contributed by atoms with E-state index in [0.29, 0.717) is 30.5 Å². The average Bonchev–Trinajstić information content (AvgIpc) is 3.07. The van der Waals surface area contributed by atoms with Gasteiger partial charge < -0.3 is 19.1 Å². The predicted octanol–water partition coefficient (Wildman–Crippen LogP) is 3.16. The van der Waals surface area contributed by atoms with Gasteiger partial charge in [-0.3, -0.25) is 4.90 Å². The fourth-order valence-electron chi connectivity index (χ4n) is 3.16. The van der Waals surface area contributed by atoms with Gasteiger partial charge in [0.2, 0.25) is 0 Å². The number of alkyl halides is 3. The first-order valence-corrected chi connectivity index (χ1v) is 8.45. The average molecular weight is 360 g/mol. The Labute approximate surface area is 145 Å². The molecule has 3 rings (SSSR count). The summed E-state index contributed by atoms with van der Waals surface area (Å²) >= 11 is 0. The summed E-state index contributed by atoms with van der Waals surface area (Å²) in [5, 5.41) is 0. The predicted molar refractivity (Wildman–Crippen MR) is 86.7 cm³/mol. The molecular formula is C17H23F3N2O3. The third kappa shape index (κ3) is 4.77. The van der Waals surface area contributed by atoms with Gasteiger partial charge >= 0.3 is 6.36 Å². The Hall–Kier alpha value is -1.51. The van der Waals surface area contributed by atoms with Crippen LogP contribution in [0.2, 0.25) is 0 Å². The number of hydrogen-bond donors (Lipinski definition) is 0. The summed E-state index contributed by atoms with van der Waals surface area (Å²) in [7, 11) is 0. The van der Waals surface area contributed by atoms with Gasteiger partial charge in [0.1, 0.15) is 5.75 Å². The molecule has 2 aliphatic heterocycles. The highest BCUT2D eigenvalue weighted by molar-refractivity contribution is 5.54. The molecule has 0 bridgehead atoms. The van der Waals surface area contributed by atoms with Gasteiger partial charge in [0.15, 0.2) is 6.29 Å². The number of nitrogens with zero attached hydrogens (tertiary/aromatic N) is 2. The highest BCUT2D eigenvalue weighted by Crippen LogP contribution is 2.34. The molecule has 0 unspecified atom stereocenters. The lowest BCUT2D eigenvalue weighted by Crippen LogP contribution is -2.48. The second-order valence-electron chi connectivity index (χ2n) is 6.50. The van der Waals surface area contributed by atoms with Crippen molar-refractivity contribution in [1.29, 1.82) is 0 Å². The van der Waals surface area contributed by atoms with E-state index in [-0.39, 0.29) is 5.75 Å². The van der Waals surface area contributed by atoms with Crippen LogP contribution in [0.3, 0.4) is 0 Å². The van der Waals surface area contributed by atoms with Gasteiger partial charge in [-0.05, 0) is 26.0 Å². The Morgan fingerprint density at radius 1 is 1.04 bits per heavy atom. The zero-order valence-corrected chi connectivity index (χ0v) is 14.4. The standard InChI is InChI=1S/C17H23F3N2O3/c1-12(2)21-3-5-22(6-4-21)14-9-13(16-23-7-8-24-16)10-15(11-14)25-17(18,19)20/h9-12,16H,3-8H2,1-2H3. The van der Waals surface area contributed by atoms with Gasteiger partial charge in [0.25, 0.3) is 0 Å². The van der Waals surface area contributed by atoms with Crippen LogP contribution in [0.5, 0.6) is 5.75 Å². The molecule has 5 nitrogen and oxygen atoms in total. The van der Waals surface area contributed by atoms with E-state index in [1.807, 2.05) is 6.07 Å². The highest BCUT2D eigenvalue weighted by atomic mass is 19.4. The summed E-state index contributed by atoms with van der Waals surface area (Å²) < 4.78 is 53.0. The van der Waals surface area contributed by atoms with Crippen molar-refractivity contribution in [3.63, 3.8) is 0 Å². The molecule has 8 heteroatoms. The molecule has 1 aromatic rings. The Balaban J connectivity index is 1.82. The monoisotopic (exact) mass is 360 g/mol. The third-order valence-electron chi connectivity index (χ3n) is 4.45. The highest BCUT2D eigenvalue weighted by Gasteiger charge is 2.32. The van der Waals surface area contributed by atoms with E-state index in [1.165, 1.54) is 12.1 Å². The number of benzene rings is 1. The van der Waals surface area contributed by atoms with E-state index in [1.54, 1.807) is 0 Å². The van der Waals surface area contributed by atoms with Crippen LogP contribution in [0.25, 0.3) is 0 Å². The summed E-state index contributed by atoms with van der Waals surface area (Å²) in [6.07, 6.45) is -5.38. The minimum atomic E-state index is -4.73. The smallest absolute Gasteiger partial charge is 0.406 e. The van der Waals surface area contributed by atoms with Crippen molar-refractivity contribution in [2.24, 2.45) is 0 Å². The van der Waals surface area contributed by atoms with Crippen LogP contribution in [0.4, 0.5) is 18.9 Å². The van der Waals surface area contributed by atoms with E-state index in [2.05, 4.69) is 28.4 Å². The number of rotatable bonds is 4. The molecule has 25 heavy (non-hydrogen) atoms. The van der Waals surface area contributed by atoms with Crippen molar-refractivity contribution < 1.29 is 27.4 Å². The van der Waals surface area contributed by atoms with Crippen molar-refractivity contribution in [2.45, 2.75) is 32.5 Å². The van der Waals surface area contributed by atoms with E-state index >= 15 is 0 Å². The summed E-state index contributed by atoms with van der Waals surface area (Å²) in [5.41, 5.74) is 1.24. The molecule has 2 heterocycles. The van der Waals surface area contributed by atoms with Crippen LogP contribution < -0.4 is 9.64 Å². The molecular weight excluding hydrogens is 337 g/mol. The molecule has 0 saturated carbocycles. The van der Waals surface area contributed by atoms with Gasteiger partial charge in [-0.25, -0.2) is 0 Å². The lowest BCUT2D eigenvalue weighted by atomic mass is 10.1. The van der Waals surface area contributed by atoms with Crippen LogP contribution >= 0.6 is 0 Å². The van der Waals surface area contributed by atoms with Crippen molar-refractivity contribution in [3.05, 3.63) is 23.8 Å². The molecule has 0 atom stereocenters. The molecule has 0 aromatic heterocycles. The van der Waals surface area contributed by atoms with Crippen molar-refractivity contribution >= 4 is 5.69 Å². The molecule has 2 fully saturated rings. The molecule has 140 valence electrons. The van der Waals surface area contributed by atoms with Gasteiger partial charge in [0, 0.05) is 49.5 Å². The summed E-state index contributed by atoms with van der Waals surface area (Å²) in [6, 6.07) is 5.04. The maximum atomic E-state index is 12.7. The van der Waals surface area contributed by atoms with Crippen molar-refractivity contribution in [3.8, 4) is 5.75 Å². The minimum absolute atomic E-state index is 0.245. The Kier molecular flexibility index (Phi) is 5.41. The SMILES string of the molecule is CC(C)N1CCN(c2cc(OC(F)(F)F)cc(C3OCCO3)c2)CC1. The molecule has 2 saturated heterocycles. The van der Waals surface area contributed by atoms with Crippen molar-refractivity contribution in [1.82, 2.24) is 4.90 Å². The number of halogens is 3. The maximum absolute atomic E-state index is 12.7. The van der Waals surface area contributed by atoms with Crippen LogP contribution in [0.15, 0.2) is 18.2 Å². The second-order valence-corrected chi connectivity index (χ2v) is 6.50. The fraction of sp³-hybridized carbons (Fsp3) is 0.647. The first kappa shape index (κ1) is 18.3. The third-order valence-corrected chi connectivity index (χ3v) is 4.45. The first-order chi connectivity index (χ1) is 11.8. The molecule has 0 aliphatic carbocycles. The van der Waals surface area contributed by atoms with E-state index in [9.17, 15) is 13.2 Å². The van der Waals surface area contributed by atoms with E-state index in [4.69, 9.17) is 9.47 Å². The zero-order valence-electron chi connectivity index (χ0n) is 14.4. The summed E-state index contributed by atoms with van der Waals surface area (Å²) in [4.78, 5) is 4.41. The van der Waals surface area contributed by atoms with Crippen LogP contribution in [-0.2, 0) is 9.47 Å². The Morgan fingerprint density at radius 3 is 2.24 bits per heavy atom. The molecule has 0 amide bonds. The fourth-order valence-corrected chi connectivity index (χ4v) is 3.16. The number of piperazine rings is 1. The number of hydrogen-bond acceptors (Lipinski definition) is 5. The molecule has 0 spiro atoms. The van der Waals surface area contributed by atoms with Crippen molar-refractivity contribution in [2.75, 3.05) is 44.3 Å². The van der Waals surface area contributed by atoms with Gasteiger partial charge in [-0.15, -0.1) is 13.2 Å². The zero-order chi connectivity index (χ0) is 18.0. The normalized spacial score (nSPS) is 20.5. The quantitative estimate of drug-likeness (QED) is 0.824. The van der Waals surface area contributed by atoms with Crippen LogP contribution in [0, 0.1) is 0 Å². The lowest BCUT2D eigenvalue weighted by molar-refractivity contribution is -0.274. The summed E-state index contributed by atoms with van der Waals surface area (Å²) in [5.74, 6) is -0.245. The number of ether oxygens (including phenoxy) is 3. The first-order valence-electron chi connectivity index (χ1n) is 8.45. The Bertz CT molecular complexity index is 581.